The number of amides is 1. The van der Waals surface area contributed by atoms with Crippen LogP contribution in [0.1, 0.15) is 29.0 Å². The standard InChI is InChI=1S/C22H21N3OS/c1-15-7-9-17(10-8-15)18-11-21(26)25-13-24(14-27-22(25)19(18)12-23)20-6-4-3-5-16(20)2/h3-10,18H,11,13-14H2,1-2H3. The Hall–Kier alpha value is -2.71. The summed E-state index contributed by atoms with van der Waals surface area (Å²) in [5.41, 5.74) is 5.26. The summed E-state index contributed by atoms with van der Waals surface area (Å²) >= 11 is 1.58. The maximum absolute atomic E-state index is 12.9. The maximum Gasteiger partial charge on any atom is 0.229 e. The molecule has 27 heavy (non-hydrogen) atoms. The number of aryl methyl sites for hydroxylation is 2. The van der Waals surface area contributed by atoms with Gasteiger partial charge in [0.05, 0.1) is 29.2 Å². The molecule has 2 aliphatic heterocycles. The molecule has 1 atom stereocenters. The Bertz CT molecular complexity index is 958. The number of para-hydroxylation sites is 1. The summed E-state index contributed by atoms with van der Waals surface area (Å²) in [7, 11) is 0. The molecule has 1 fully saturated rings. The van der Waals surface area contributed by atoms with E-state index in [1.165, 1.54) is 11.1 Å². The number of fused-ring (bicyclic) bond motifs is 1. The van der Waals surface area contributed by atoms with Crippen LogP contribution >= 0.6 is 11.8 Å². The first-order valence-corrected chi connectivity index (χ1v) is 10.0. The van der Waals surface area contributed by atoms with Gasteiger partial charge in [-0.25, -0.2) is 0 Å². The average molecular weight is 375 g/mol. The van der Waals surface area contributed by atoms with E-state index >= 15 is 0 Å². The lowest BCUT2D eigenvalue weighted by molar-refractivity contribution is -0.129. The van der Waals surface area contributed by atoms with Crippen LogP contribution < -0.4 is 4.90 Å². The van der Waals surface area contributed by atoms with Crippen molar-refractivity contribution in [3.63, 3.8) is 0 Å². The van der Waals surface area contributed by atoms with Gasteiger partial charge in [0.25, 0.3) is 0 Å². The number of allylic oxidation sites excluding steroid dienone is 1. The number of hydrogen-bond donors (Lipinski definition) is 0. The van der Waals surface area contributed by atoms with Gasteiger partial charge in [-0.05, 0) is 31.0 Å². The Morgan fingerprint density at radius 3 is 2.56 bits per heavy atom. The fourth-order valence-corrected chi connectivity index (χ4v) is 4.87. The van der Waals surface area contributed by atoms with Gasteiger partial charge in [0.15, 0.2) is 0 Å². The number of rotatable bonds is 2. The quantitative estimate of drug-likeness (QED) is 0.774. The molecule has 0 saturated carbocycles. The van der Waals surface area contributed by atoms with E-state index in [4.69, 9.17) is 0 Å². The highest BCUT2D eigenvalue weighted by atomic mass is 32.2. The van der Waals surface area contributed by atoms with Crippen LogP contribution in [0.5, 0.6) is 0 Å². The molecule has 5 heteroatoms. The first-order chi connectivity index (χ1) is 13.1. The number of anilines is 1. The molecule has 2 aromatic carbocycles. The molecule has 0 radical (unpaired) electrons. The normalized spacial score (nSPS) is 19.7. The predicted octanol–water partition coefficient (Wildman–Crippen LogP) is 4.52. The van der Waals surface area contributed by atoms with Crippen molar-refractivity contribution in [3.05, 3.63) is 75.8 Å². The third-order valence-corrected chi connectivity index (χ3v) is 6.38. The zero-order valence-electron chi connectivity index (χ0n) is 15.5. The second-order valence-electron chi connectivity index (χ2n) is 7.06. The second kappa shape index (κ2) is 7.13. The Morgan fingerprint density at radius 2 is 1.85 bits per heavy atom. The minimum Gasteiger partial charge on any atom is -0.343 e. The number of carbonyl (C=O) groups excluding carboxylic acids is 1. The number of carbonyl (C=O) groups is 1. The van der Waals surface area contributed by atoms with E-state index in [1.54, 1.807) is 16.7 Å². The molecule has 2 aliphatic rings. The summed E-state index contributed by atoms with van der Waals surface area (Å²) in [5, 5.41) is 10.7. The van der Waals surface area contributed by atoms with Crippen molar-refractivity contribution in [2.75, 3.05) is 17.4 Å². The summed E-state index contributed by atoms with van der Waals surface area (Å²) < 4.78 is 0. The largest absolute Gasteiger partial charge is 0.343 e. The molecule has 0 spiro atoms. The third kappa shape index (κ3) is 3.22. The summed E-state index contributed by atoms with van der Waals surface area (Å²) in [6.07, 6.45) is 0.345. The Morgan fingerprint density at radius 1 is 1.11 bits per heavy atom. The summed E-state index contributed by atoms with van der Waals surface area (Å²) in [6, 6.07) is 18.8. The van der Waals surface area contributed by atoms with Crippen LogP contribution in [0, 0.1) is 25.2 Å². The molecule has 4 nitrogen and oxygen atoms in total. The van der Waals surface area contributed by atoms with E-state index in [9.17, 15) is 10.1 Å². The number of thioether (sulfide) groups is 1. The molecule has 136 valence electrons. The Kier molecular flexibility index (Phi) is 4.67. The molecule has 1 amide bonds. The van der Waals surface area contributed by atoms with Crippen LogP contribution in [-0.2, 0) is 4.79 Å². The van der Waals surface area contributed by atoms with E-state index in [0.717, 1.165) is 22.2 Å². The van der Waals surface area contributed by atoms with Crippen LogP contribution in [0.4, 0.5) is 5.69 Å². The SMILES string of the molecule is Cc1ccc(C2CC(=O)N3CN(c4ccccc4C)CSC3=C2C#N)cc1. The van der Waals surface area contributed by atoms with Crippen LogP contribution in [-0.4, -0.2) is 23.4 Å². The van der Waals surface area contributed by atoms with E-state index < -0.39 is 0 Å². The zero-order valence-corrected chi connectivity index (χ0v) is 16.3. The smallest absolute Gasteiger partial charge is 0.229 e. The predicted molar refractivity (Wildman–Crippen MR) is 109 cm³/mol. The summed E-state index contributed by atoms with van der Waals surface area (Å²) in [4.78, 5) is 16.9. The van der Waals surface area contributed by atoms with Gasteiger partial charge in [-0.15, -0.1) is 0 Å². The minimum absolute atomic E-state index is 0.0837. The van der Waals surface area contributed by atoms with Gasteiger partial charge in [0.1, 0.15) is 0 Å². The van der Waals surface area contributed by atoms with Crippen molar-refractivity contribution >= 4 is 23.4 Å². The summed E-state index contributed by atoms with van der Waals surface area (Å²) in [6.45, 7) is 4.62. The lowest BCUT2D eigenvalue weighted by Crippen LogP contribution is -2.47. The molecular formula is C22H21N3OS. The van der Waals surface area contributed by atoms with E-state index in [0.29, 0.717) is 18.7 Å². The van der Waals surface area contributed by atoms with Gasteiger partial charge in [-0.1, -0.05) is 59.8 Å². The van der Waals surface area contributed by atoms with Gasteiger partial charge in [0.2, 0.25) is 5.91 Å². The molecule has 4 rings (SSSR count). The number of nitrogens with zero attached hydrogens (tertiary/aromatic N) is 3. The number of hydrogen-bond acceptors (Lipinski definition) is 4. The zero-order chi connectivity index (χ0) is 19.0. The monoisotopic (exact) mass is 375 g/mol. The average Bonchev–Trinajstić information content (AvgIpc) is 2.69. The van der Waals surface area contributed by atoms with Crippen molar-refractivity contribution in [2.45, 2.75) is 26.2 Å². The topological polar surface area (TPSA) is 47.3 Å². The highest BCUT2D eigenvalue weighted by molar-refractivity contribution is 8.03. The van der Waals surface area contributed by atoms with Crippen molar-refractivity contribution in [3.8, 4) is 6.07 Å². The highest BCUT2D eigenvalue weighted by Gasteiger charge is 2.38. The Balaban J connectivity index is 1.68. The highest BCUT2D eigenvalue weighted by Crippen LogP contribution is 2.43. The van der Waals surface area contributed by atoms with Crippen LogP contribution in [0.25, 0.3) is 0 Å². The first kappa shape index (κ1) is 17.7. The summed E-state index contributed by atoms with van der Waals surface area (Å²) in [5.74, 6) is 0.669. The third-order valence-electron chi connectivity index (χ3n) is 5.23. The Labute approximate surface area is 164 Å². The number of nitriles is 1. The minimum atomic E-state index is -0.146. The second-order valence-corrected chi connectivity index (χ2v) is 7.99. The van der Waals surface area contributed by atoms with Crippen LogP contribution in [0.3, 0.4) is 0 Å². The van der Waals surface area contributed by atoms with Crippen molar-refractivity contribution in [1.29, 1.82) is 5.26 Å². The van der Waals surface area contributed by atoms with Gasteiger partial charge in [0, 0.05) is 18.0 Å². The van der Waals surface area contributed by atoms with Crippen LogP contribution in [0.15, 0.2) is 59.1 Å². The lowest BCUT2D eigenvalue weighted by Gasteiger charge is -2.42. The van der Waals surface area contributed by atoms with Gasteiger partial charge < -0.3 is 4.90 Å². The molecule has 2 aromatic rings. The van der Waals surface area contributed by atoms with Gasteiger partial charge in [-0.3, -0.25) is 9.69 Å². The molecule has 1 unspecified atom stereocenters. The van der Waals surface area contributed by atoms with Gasteiger partial charge >= 0.3 is 0 Å². The lowest BCUT2D eigenvalue weighted by atomic mass is 9.86. The number of benzene rings is 2. The van der Waals surface area contributed by atoms with Gasteiger partial charge in [-0.2, -0.15) is 5.26 Å². The molecular weight excluding hydrogens is 354 g/mol. The molecule has 0 bridgehead atoms. The molecule has 0 aliphatic carbocycles. The fourth-order valence-electron chi connectivity index (χ4n) is 3.72. The van der Waals surface area contributed by atoms with Crippen molar-refractivity contribution in [2.24, 2.45) is 0 Å². The maximum atomic E-state index is 12.9. The molecule has 1 saturated heterocycles. The van der Waals surface area contributed by atoms with Crippen molar-refractivity contribution in [1.82, 2.24) is 4.90 Å². The van der Waals surface area contributed by atoms with E-state index in [1.807, 2.05) is 43.3 Å². The van der Waals surface area contributed by atoms with Crippen molar-refractivity contribution < 1.29 is 4.79 Å². The molecule has 2 heterocycles. The molecule has 0 aromatic heterocycles. The van der Waals surface area contributed by atoms with Crippen LogP contribution in [0.2, 0.25) is 0 Å². The molecule has 0 N–H and O–H groups in total. The van der Waals surface area contributed by atoms with E-state index in [2.05, 4.69) is 30.0 Å². The fraction of sp³-hybridized carbons (Fsp3) is 0.273. The first-order valence-electron chi connectivity index (χ1n) is 9.03. The van der Waals surface area contributed by atoms with E-state index in [-0.39, 0.29) is 11.8 Å².